The molecule has 0 saturated carbocycles. The van der Waals surface area contributed by atoms with Crippen molar-refractivity contribution < 1.29 is 23.5 Å². The zero-order valence-electron chi connectivity index (χ0n) is 12.0. The number of ether oxygens (including phenoxy) is 2. The minimum Gasteiger partial charge on any atom is -0.465 e. The van der Waals surface area contributed by atoms with Crippen molar-refractivity contribution in [3.05, 3.63) is 34.2 Å². The molecule has 1 aliphatic rings. The average molecular weight is 321 g/mol. The van der Waals surface area contributed by atoms with Gasteiger partial charge in [0.15, 0.2) is 5.76 Å². The average Bonchev–Trinajstić information content (AvgIpc) is 3.23. The first-order valence-corrected chi connectivity index (χ1v) is 7.71. The Labute approximate surface area is 131 Å². The molecule has 0 bridgehead atoms. The van der Waals surface area contributed by atoms with E-state index in [1.807, 2.05) is 0 Å². The smallest absolute Gasteiger partial charge is 0.348 e. The standard InChI is InChI=1S/C15H15NO5S/c1-19-15(18)13-10(4-9-22-13)11-2-3-12(21-11)14(17)16-5-7-20-8-6-16/h2-4,9H,5-8H2,1H3. The Kier molecular flexibility index (Phi) is 4.26. The molecular weight excluding hydrogens is 306 g/mol. The third kappa shape index (κ3) is 2.77. The van der Waals surface area contributed by atoms with Crippen molar-refractivity contribution in [3.8, 4) is 11.3 Å². The number of hydrogen-bond acceptors (Lipinski definition) is 6. The number of nitrogens with zero attached hydrogens (tertiary/aromatic N) is 1. The Morgan fingerprint density at radius 1 is 1.23 bits per heavy atom. The molecule has 3 rings (SSSR count). The zero-order valence-corrected chi connectivity index (χ0v) is 12.9. The van der Waals surface area contributed by atoms with E-state index in [-0.39, 0.29) is 11.7 Å². The zero-order chi connectivity index (χ0) is 15.5. The SMILES string of the molecule is COC(=O)c1sccc1-c1ccc(C(=O)N2CCOCC2)o1. The van der Waals surface area contributed by atoms with Gasteiger partial charge in [-0.05, 0) is 23.6 Å². The number of methoxy groups -OCH3 is 1. The van der Waals surface area contributed by atoms with Gasteiger partial charge in [0.1, 0.15) is 10.6 Å². The van der Waals surface area contributed by atoms with Crippen LogP contribution in [0.15, 0.2) is 28.0 Å². The lowest BCUT2D eigenvalue weighted by Crippen LogP contribution is -2.40. The largest absolute Gasteiger partial charge is 0.465 e. The molecule has 0 unspecified atom stereocenters. The second-order valence-corrected chi connectivity index (χ2v) is 5.64. The molecule has 0 N–H and O–H groups in total. The first-order valence-electron chi connectivity index (χ1n) is 6.83. The molecule has 0 aromatic carbocycles. The van der Waals surface area contributed by atoms with Crippen LogP contribution in [0.3, 0.4) is 0 Å². The van der Waals surface area contributed by atoms with Crippen molar-refractivity contribution in [1.29, 1.82) is 0 Å². The Morgan fingerprint density at radius 3 is 2.73 bits per heavy atom. The van der Waals surface area contributed by atoms with E-state index in [0.29, 0.717) is 42.5 Å². The van der Waals surface area contributed by atoms with Gasteiger partial charge in [0.2, 0.25) is 0 Å². The van der Waals surface area contributed by atoms with Gasteiger partial charge in [0, 0.05) is 18.7 Å². The number of rotatable bonds is 3. The van der Waals surface area contributed by atoms with Gasteiger partial charge < -0.3 is 18.8 Å². The van der Waals surface area contributed by atoms with Crippen molar-refractivity contribution in [2.75, 3.05) is 33.4 Å². The summed E-state index contributed by atoms with van der Waals surface area (Å²) >= 11 is 1.28. The number of carbonyl (C=O) groups is 2. The first kappa shape index (κ1) is 14.8. The summed E-state index contributed by atoms with van der Waals surface area (Å²) in [5.41, 5.74) is 0.637. The molecule has 7 heteroatoms. The van der Waals surface area contributed by atoms with Crippen LogP contribution in [0, 0.1) is 0 Å². The molecule has 6 nitrogen and oxygen atoms in total. The molecule has 0 spiro atoms. The molecule has 116 valence electrons. The van der Waals surface area contributed by atoms with E-state index in [2.05, 4.69) is 0 Å². The van der Waals surface area contributed by atoms with Gasteiger partial charge in [-0.25, -0.2) is 4.79 Å². The molecule has 2 aromatic heterocycles. The molecule has 3 heterocycles. The normalized spacial score (nSPS) is 14.9. The summed E-state index contributed by atoms with van der Waals surface area (Å²) in [4.78, 5) is 26.2. The highest BCUT2D eigenvalue weighted by Crippen LogP contribution is 2.30. The van der Waals surface area contributed by atoms with Crippen LogP contribution >= 0.6 is 11.3 Å². The van der Waals surface area contributed by atoms with E-state index in [9.17, 15) is 9.59 Å². The molecule has 1 amide bonds. The van der Waals surface area contributed by atoms with Crippen LogP contribution < -0.4 is 0 Å². The van der Waals surface area contributed by atoms with Gasteiger partial charge >= 0.3 is 5.97 Å². The van der Waals surface area contributed by atoms with Crippen molar-refractivity contribution >= 4 is 23.2 Å². The van der Waals surface area contributed by atoms with Crippen LogP contribution in [-0.4, -0.2) is 50.2 Å². The molecule has 22 heavy (non-hydrogen) atoms. The summed E-state index contributed by atoms with van der Waals surface area (Å²) < 4.78 is 15.6. The second-order valence-electron chi connectivity index (χ2n) is 4.72. The maximum absolute atomic E-state index is 12.3. The molecule has 0 atom stereocenters. The van der Waals surface area contributed by atoms with Gasteiger partial charge in [0.05, 0.1) is 20.3 Å². The van der Waals surface area contributed by atoms with Crippen molar-refractivity contribution in [2.24, 2.45) is 0 Å². The van der Waals surface area contributed by atoms with Gasteiger partial charge in [-0.1, -0.05) is 0 Å². The van der Waals surface area contributed by atoms with Crippen LogP contribution in [0.2, 0.25) is 0 Å². The fraction of sp³-hybridized carbons (Fsp3) is 0.333. The molecule has 1 fully saturated rings. The lowest BCUT2D eigenvalue weighted by Gasteiger charge is -2.25. The number of hydrogen-bond donors (Lipinski definition) is 0. The van der Waals surface area contributed by atoms with E-state index < -0.39 is 5.97 Å². The Morgan fingerprint density at radius 2 is 2.00 bits per heavy atom. The third-order valence-corrected chi connectivity index (χ3v) is 4.31. The maximum atomic E-state index is 12.3. The van der Waals surface area contributed by atoms with Crippen molar-refractivity contribution in [2.45, 2.75) is 0 Å². The summed E-state index contributed by atoms with van der Waals surface area (Å²) in [5, 5.41) is 1.79. The van der Waals surface area contributed by atoms with E-state index in [1.165, 1.54) is 18.4 Å². The fourth-order valence-corrected chi connectivity index (χ4v) is 3.09. The maximum Gasteiger partial charge on any atom is 0.348 e. The second kappa shape index (κ2) is 6.33. The summed E-state index contributed by atoms with van der Waals surface area (Å²) in [6, 6.07) is 5.10. The lowest BCUT2D eigenvalue weighted by molar-refractivity contribution is 0.0283. The molecule has 2 aromatic rings. The van der Waals surface area contributed by atoms with Crippen LogP contribution in [0.4, 0.5) is 0 Å². The monoisotopic (exact) mass is 321 g/mol. The van der Waals surface area contributed by atoms with Crippen LogP contribution in [0.25, 0.3) is 11.3 Å². The molecule has 0 radical (unpaired) electrons. The summed E-state index contributed by atoms with van der Waals surface area (Å²) in [5.74, 6) is 0.170. The Bertz CT molecular complexity index is 684. The predicted octanol–water partition coefficient (Wildman–Crippen LogP) is 2.27. The number of carbonyl (C=O) groups excluding carboxylic acids is 2. The fourth-order valence-electron chi connectivity index (χ4n) is 2.27. The molecule has 1 saturated heterocycles. The highest BCUT2D eigenvalue weighted by atomic mass is 32.1. The van der Waals surface area contributed by atoms with E-state index in [1.54, 1.807) is 28.5 Å². The molecular formula is C15H15NO5S. The minimum atomic E-state index is -0.414. The number of thiophene rings is 1. The first-order chi connectivity index (χ1) is 10.7. The van der Waals surface area contributed by atoms with Crippen molar-refractivity contribution in [1.82, 2.24) is 4.90 Å². The van der Waals surface area contributed by atoms with Gasteiger partial charge in [-0.15, -0.1) is 11.3 Å². The number of morpholine rings is 1. The quantitative estimate of drug-likeness (QED) is 0.811. The number of furan rings is 1. The summed E-state index contributed by atoms with van der Waals surface area (Å²) in [6.45, 7) is 2.19. The van der Waals surface area contributed by atoms with Crippen LogP contribution in [0.5, 0.6) is 0 Å². The summed E-state index contributed by atoms with van der Waals surface area (Å²) in [7, 11) is 1.33. The van der Waals surface area contributed by atoms with E-state index >= 15 is 0 Å². The van der Waals surface area contributed by atoms with Gasteiger partial charge in [-0.2, -0.15) is 0 Å². The number of esters is 1. The van der Waals surface area contributed by atoms with E-state index in [4.69, 9.17) is 13.9 Å². The van der Waals surface area contributed by atoms with Crippen LogP contribution in [0.1, 0.15) is 20.2 Å². The Hall–Kier alpha value is -2.12. The minimum absolute atomic E-state index is 0.163. The van der Waals surface area contributed by atoms with Crippen LogP contribution in [-0.2, 0) is 9.47 Å². The van der Waals surface area contributed by atoms with Gasteiger partial charge in [0.25, 0.3) is 5.91 Å². The lowest BCUT2D eigenvalue weighted by atomic mass is 10.2. The highest BCUT2D eigenvalue weighted by Gasteiger charge is 2.23. The third-order valence-electron chi connectivity index (χ3n) is 3.42. The van der Waals surface area contributed by atoms with Gasteiger partial charge in [-0.3, -0.25) is 4.79 Å². The summed E-state index contributed by atoms with van der Waals surface area (Å²) in [6.07, 6.45) is 0. The molecule has 1 aliphatic heterocycles. The predicted molar refractivity (Wildman–Crippen MR) is 80.1 cm³/mol. The Balaban J connectivity index is 1.83. The number of amides is 1. The van der Waals surface area contributed by atoms with E-state index in [0.717, 1.165) is 0 Å². The topological polar surface area (TPSA) is 69.0 Å². The molecule has 0 aliphatic carbocycles. The van der Waals surface area contributed by atoms with Crippen molar-refractivity contribution in [3.63, 3.8) is 0 Å². The highest BCUT2D eigenvalue weighted by molar-refractivity contribution is 7.12.